The standard InChI is InChI=1S/C10H15NO/c1-9(2)7-3-4-10(9,6-11)8(12)5-7/h7-8,12H,3-5H2,1-2H3. The summed E-state index contributed by atoms with van der Waals surface area (Å²) >= 11 is 0. The molecule has 3 unspecified atom stereocenters. The molecular formula is C10H15NO. The Bertz CT molecular complexity index is 253. The Morgan fingerprint density at radius 1 is 1.50 bits per heavy atom. The lowest BCUT2D eigenvalue weighted by atomic mass is 9.69. The molecule has 3 atom stereocenters. The zero-order valence-corrected chi connectivity index (χ0v) is 7.67. The maximum Gasteiger partial charge on any atom is 0.0885 e. The minimum absolute atomic E-state index is 0.0289. The molecule has 0 aromatic heterocycles. The van der Waals surface area contributed by atoms with Crippen LogP contribution in [0.2, 0.25) is 0 Å². The maximum atomic E-state index is 9.78. The van der Waals surface area contributed by atoms with Crippen LogP contribution in [0.4, 0.5) is 0 Å². The van der Waals surface area contributed by atoms with Gasteiger partial charge in [0.25, 0.3) is 0 Å². The summed E-state index contributed by atoms with van der Waals surface area (Å²) in [7, 11) is 0. The van der Waals surface area contributed by atoms with Crippen molar-refractivity contribution in [3.8, 4) is 6.07 Å². The molecule has 0 aliphatic heterocycles. The van der Waals surface area contributed by atoms with Gasteiger partial charge in [-0.1, -0.05) is 13.8 Å². The number of aliphatic hydroxyl groups is 1. The highest BCUT2D eigenvalue weighted by Crippen LogP contribution is 2.65. The smallest absolute Gasteiger partial charge is 0.0885 e. The second kappa shape index (κ2) is 2.03. The molecule has 2 bridgehead atoms. The molecule has 2 nitrogen and oxygen atoms in total. The third kappa shape index (κ3) is 0.603. The van der Waals surface area contributed by atoms with Crippen molar-refractivity contribution >= 4 is 0 Å². The van der Waals surface area contributed by atoms with E-state index in [9.17, 15) is 5.11 Å². The van der Waals surface area contributed by atoms with Crippen LogP contribution in [0, 0.1) is 28.1 Å². The summed E-state index contributed by atoms with van der Waals surface area (Å²) in [6, 6.07) is 2.36. The highest BCUT2D eigenvalue weighted by molar-refractivity contribution is 5.21. The van der Waals surface area contributed by atoms with E-state index in [0.29, 0.717) is 5.92 Å². The lowest BCUT2D eigenvalue weighted by Crippen LogP contribution is -2.36. The van der Waals surface area contributed by atoms with E-state index >= 15 is 0 Å². The first-order chi connectivity index (χ1) is 5.54. The first-order valence-electron chi connectivity index (χ1n) is 4.64. The van der Waals surface area contributed by atoms with Gasteiger partial charge in [-0.25, -0.2) is 0 Å². The molecule has 1 N–H and O–H groups in total. The Balaban J connectivity index is 2.48. The van der Waals surface area contributed by atoms with E-state index in [1.807, 2.05) is 0 Å². The molecule has 2 aliphatic carbocycles. The molecule has 0 amide bonds. The van der Waals surface area contributed by atoms with Crippen molar-refractivity contribution < 1.29 is 5.11 Å². The quantitative estimate of drug-likeness (QED) is 0.593. The number of hydrogen-bond donors (Lipinski definition) is 1. The predicted octanol–water partition coefficient (Wildman–Crippen LogP) is 1.70. The van der Waals surface area contributed by atoms with E-state index in [1.54, 1.807) is 0 Å². The number of aliphatic hydroxyl groups excluding tert-OH is 1. The van der Waals surface area contributed by atoms with Gasteiger partial charge in [0.2, 0.25) is 0 Å². The fourth-order valence-electron chi connectivity index (χ4n) is 3.20. The largest absolute Gasteiger partial charge is 0.391 e. The van der Waals surface area contributed by atoms with E-state index < -0.39 is 5.41 Å². The zero-order valence-electron chi connectivity index (χ0n) is 7.67. The highest BCUT2D eigenvalue weighted by atomic mass is 16.3. The Hall–Kier alpha value is -0.550. The van der Waals surface area contributed by atoms with Gasteiger partial charge in [-0.05, 0) is 30.6 Å². The molecule has 2 heteroatoms. The normalized spacial score (nSPS) is 49.2. The number of rotatable bonds is 0. The average molecular weight is 165 g/mol. The summed E-state index contributed by atoms with van der Waals surface area (Å²) in [5.74, 6) is 0.562. The van der Waals surface area contributed by atoms with E-state index in [-0.39, 0.29) is 11.5 Å². The van der Waals surface area contributed by atoms with E-state index in [1.165, 1.54) is 0 Å². The van der Waals surface area contributed by atoms with Gasteiger partial charge in [-0.3, -0.25) is 0 Å². The molecule has 2 aliphatic rings. The highest BCUT2D eigenvalue weighted by Gasteiger charge is 2.64. The van der Waals surface area contributed by atoms with E-state index in [2.05, 4.69) is 19.9 Å². The minimum atomic E-state index is -0.433. The van der Waals surface area contributed by atoms with Crippen LogP contribution in [-0.2, 0) is 0 Å². The van der Waals surface area contributed by atoms with Crippen LogP contribution in [0.15, 0.2) is 0 Å². The lowest BCUT2D eigenvalue weighted by Gasteiger charge is -2.33. The lowest BCUT2D eigenvalue weighted by molar-refractivity contribution is 0.0429. The predicted molar refractivity (Wildman–Crippen MR) is 45.2 cm³/mol. The van der Waals surface area contributed by atoms with Gasteiger partial charge >= 0.3 is 0 Å². The van der Waals surface area contributed by atoms with Crippen molar-refractivity contribution in [2.45, 2.75) is 39.2 Å². The molecule has 0 aromatic carbocycles. The van der Waals surface area contributed by atoms with Crippen molar-refractivity contribution in [2.75, 3.05) is 0 Å². The summed E-state index contributed by atoms with van der Waals surface area (Å²) in [4.78, 5) is 0. The Morgan fingerprint density at radius 3 is 2.42 bits per heavy atom. The van der Waals surface area contributed by atoms with E-state index in [4.69, 9.17) is 5.26 Å². The van der Waals surface area contributed by atoms with Crippen LogP contribution < -0.4 is 0 Å². The third-order valence-corrected chi connectivity index (χ3v) is 4.33. The fourth-order valence-corrected chi connectivity index (χ4v) is 3.20. The third-order valence-electron chi connectivity index (χ3n) is 4.33. The number of nitriles is 1. The Labute approximate surface area is 73.2 Å². The number of hydrogen-bond acceptors (Lipinski definition) is 2. The minimum Gasteiger partial charge on any atom is -0.391 e. The SMILES string of the molecule is CC1(C)C2CCC1(C#N)C(O)C2. The van der Waals surface area contributed by atoms with Crippen LogP contribution in [0.25, 0.3) is 0 Å². The summed E-state index contributed by atoms with van der Waals surface area (Å²) in [5.41, 5.74) is -0.404. The van der Waals surface area contributed by atoms with Crippen molar-refractivity contribution in [1.82, 2.24) is 0 Å². The average Bonchev–Trinajstić information content (AvgIpc) is 2.36. The molecule has 0 saturated heterocycles. The fraction of sp³-hybridized carbons (Fsp3) is 0.900. The van der Waals surface area contributed by atoms with Crippen molar-refractivity contribution in [3.63, 3.8) is 0 Å². The Kier molecular flexibility index (Phi) is 1.36. The van der Waals surface area contributed by atoms with Gasteiger partial charge in [0.1, 0.15) is 0 Å². The monoisotopic (exact) mass is 165 g/mol. The topological polar surface area (TPSA) is 44.0 Å². The molecule has 0 aromatic rings. The molecule has 2 saturated carbocycles. The second-order valence-corrected chi connectivity index (χ2v) is 4.79. The van der Waals surface area contributed by atoms with Crippen LogP contribution in [0.5, 0.6) is 0 Å². The van der Waals surface area contributed by atoms with E-state index in [0.717, 1.165) is 19.3 Å². The van der Waals surface area contributed by atoms with Crippen molar-refractivity contribution in [1.29, 1.82) is 5.26 Å². The molecule has 12 heavy (non-hydrogen) atoms. The van der Waals surface area contributed by atoms with Crippen LogP contribution in [-0.4, -0.2) is 11.2 Å². The van der Waals surface area contributed by atoms with Gasteiger partial charge in [-0.15, -0.1) is 0 Å². The summed E-state index contributed by atoms with van der Waals surface area (Å²) in [5, 5.41) is 18.9. The summed E-state index contributed by atoms with van der Waals surface area (Å²) in [6.07, 6.45) is 2.47. The van der Waals surface area contributed by atoms with Gasteiger partial charge in [0, 0.05) is 0 Å². The van der Waals surface area contributed by atoms with Crippen LogP contribution in [0.3, 0.4) is 0 Å². The van der Waals surface area contributed by atoms with Crippen molar-refractivity contribution in [2.24, 2.45) is 16.7 Å². The molecule has 0 radical (unpaired) electrons. The van der Waals surface area contributed by atoms with Crippen LogP contribution >= 0.6 is 0 Å². The summed E-state index contributed by atoms with van der Waals surface area (Å²) < 4.78 is 0. The Morgan fingerprint density at radius 2 is 2.17 bits per heavy atom. The molecule has 2 rings (SSSR count). The molecule has 2 fully saturated rings. The molecule has 0 spiro atoms. The van der Waals surface area contributed by atoms with Gasteiger partial charge in [0.05, 0.1) is 17.6 Å². The first-order valence-corrected chi connectivity index (χ1v) is 4.64. The van der Waals surface area contributed by atoms with Crippen molar-refractivity contribution in [3.05, 3.63) is 0 Å². The number of fused-ring (bicyclic) bond motifs is 2. The van der Waals surface area contributed by atoms with Gasteiger partial charge in [-0.2, -0.15) is 5.26 Å². The first kappa shape index (κ1) is 8.07. The molecule has 0 heterocycles. The van der Waals surface area contributed by atoms with Gasteiger partial charge < -0.3 is 5.11 Å². The van der Waals surface area contributed by atoms with Gasteiger partial charge in [0.15, 0.2) is 0 Å². The number of nitrogens with zero attached hydrogens (tertiary/aromatic N) is 1. The second-order valence-electron chi connectivity index (χ2n) is 4.79. The molecule has 66 valence electrons. The van der Waals surface area contributed by atoms with Crippen LogP contribution in [0.1, 0.15) is 33.1 Å². The summed E-state index contributed by atoms with van der Waals surface area (Å²) in [6.45, 7) is 4.26. The molecular weight excluding hydrogens is 150 g/mol. The maximum absolute atomic E-state index is 9.78. The zero-order chi connectivity index (χ0) is 8.98.